The topological polar surface area (TPSA) is 17.1 Å². The van der Waals surface area contributed by atoms with Crippen LogP contribution in [0.2, 0.25) is 0 Å². The van der Waals surface area contributed by atoms with Gasteiger partial charge in [0.05, 0.1) is 0 Å². The van der Waals surface area contributed by atoms with Gasteiger partial charge in [-0.3, -0.25) is 4.79 Å². The largest absolute Gasteiger partial charge is 0.298 e. The van der Waals surface area contributed by atoms with Crippen LogP contribution in [0.4, 0.5) is 0 Å². The van der Waals surface area contributed by atoms with Gasteiger partial charge in [-0.2, -0.15) is 0 Å². The molecule has 1 nitrogen and oxygen atoms in total. The summed E-state index contributed by atoms with van der Waals surface area (Å²) in [5, 5.41) is 0. The maximum absolute atomic E-state index is 12.0. The highest BCUT2D eigenvalue weighted by Gasteiger charge is 2.82. The van der Waals surface area contributed by atoms with E-state index in [2.05, 4.69) is 94.4 Å². The van der Waals surface area contributed by atoms with Crippen LogP contribution < -0.4 is 0 Å². The average Bonchev–Trinajstić information content (AvgIpc) is 3.27. The molecule has 0 unspecified atom stereocenters. The normalized spacial score (nSPS) is 31.6. The van der Waals surface area contributed by atoms with E-state index in [9.17, 15) is 4.79 Å². The number of carbonyl (C=O) groups excluding carboxylic acids is 1. The molecule has 1 heteroatoms. The summed E-state index contributed by atoms with van der Waals surface area (Å²) in [5.41, 5.74) is 9.67. The second-order valence-electron chi connectivity index (χ2n) is 11.1. The van der Waals surface area contributed by atoms with Crippen molar-refractivity contribution in [1.82, 2.24) is 0 Å². The van der Waals surface area contributed by atoms with Gasteiger partial charge < -0.3 is 0 Å². The van der Waals surface area contributed by atoms with Gasteiger partial charge in [0, 0.05) is 27.2 Å². The highest BCUT2D eigenvalue weighted by molar-refractivity contribution is 5.81. The standard InChI is InChI=1S/C33H36O/c1-5-18-31-24-12-8-9-13-25(24)32(19-6-2)28-17-16-23(22-34)21-29(28)33(20-7-3,30(31,32)4)27-15-11-10-14-26(27)31/h8-17,21-22H,5-7,18-20H2,1-4H3/t30-,31+,32-,33+/m0/s1. The quantitative estimate of drug-likeness (QED) is 0.334. The average molecular weight is 449 g/mol. The molecule has 0 heterocycles. The van der Waals surface area contributed by atoms with Gasteiger partial charge in [-0.05, 0) is 58.7 Å². The van der Waals surface area contributed by atoms with Crippen LogP contribution in [-0.2, 0) is 16.2 Å². The molecule has 4 atom stereocenters. The van der Waals surface area contributed by atoms with E-state index in [1.807, 2.05) is 0 Å². The van der Waals surface area contributed by atoms with Gasteiger partial charge in [-0.25, -0.2) is 0 Å². The second-order valence-corrected chi connectivity index (χ2v) is 11.1. The zero-order valence-corrected chi connectivity index (χ0v) is 21.1. The van der Waals surface area contributed by atoms with Gasteiger partial charge in [-0.15, -0.1) is 0 Å². The van der Waals surface area contributed by atoms with Crippen molar-refractivity contribution in [3.05, 3.63) is 106 Å². The van der Waals surface area contributed by atoms with Gasteiger partial charge in [0.2, 0.25) is 0 Å². The molecule has 0 aromatic heterocycles. The van der Waals surface area contributed by atoms with Crippen LogP contribution in [0.3, 0.4) is 0 Å². The van der Waals surface area contributed by atoms with Crippen LogP contribution in [0.25, 0.3) is 0 Å². The molecule has 0 saturated heterocycles. The fourth-order valence-corrected chi connectivity index (χ4v) is 9.64. The molecule has 0 aliphatic heterocycles. The first-order valence-electron chi connectivity index (χ1n) is 13.3. The summed E-state index contributed by atoms with van der Waals surface area (Å²) in [7, 11) is 0. The monoisotopic (exact) mass is 448 g/mol. The molecule has 3 aromatic carbocycles. The fourth-order valence-electron chi connectivity index (χ4n) is 9.64. The summed E-state index contributed by atoms with van der Waals surface area (Å²) in [5.74, 6) is 0. The zero-order valence-electron chi connectivity index (χ0n) is 21.1. The summed E-state index contributed by atoms with van der Waals surface area (Å²) in [6.45, 7) is 9.69. The van der Waals surface area contributed by atoms with E-state index in [1.165, 1.54) is 16.7 Å². The van der Waals surface area contributed by atoms with Crippen molar-refractivity contribution in [2.75, 3.05) is 0 Å². The second kappa shape index (κ2) is 7.17. The van der Waals surface area contributed by atoms with Crippen molar-refractivity contribution >= 4 is 6.29 Å². The molecule has 3 aromatic rings. The van der Waals surface area contributed by atoms with Gasteiger partial charge >= 0.3 is 0 Å². The number of benzene rings is 3. The minimum Gasteiger partial charge on any atom is -0.298 e. The molecular weight excluding hydrogens is 412 g/mol. The van der Waals surface area contributed by atoms with E-state index < -0.39 is 0 Å². The van der Waals surface area contributed by atoms with Crippen LogP contribution in [0, 0.1) is 5.41 Å². The van der Waals surface area contributed by atoms with Gasteiger partial charge in [-0.1, -0.05) is 108 Å². The highest BCUT2D eigenvalue weighted by Crippen LogP contribution is 2.84. The van der Waals surface area contributed by atoms with Gasteiger partial charge in [0.15, 0.2) is 0 Å². The van der Waals surface area contributed by atoms with E-state index >= 15 is 0 Å². The smallest absolute Gasteiger partial charge is 0.150 e. The summed E-state index contributed by atoms with van der Waals surface area (Å²) in [6.07, 6.45) is 7.85. The Morgan fingerprint density at radius 1 is 0.588 bits per heavy atom. The first kappa shape index (κ1) is 21.8. The highest BCUT2D eigenvalue weighted by atomic mass is 16.1. The molecular formula is C33H36O. The molecule has 0 saturated carbocycles. The van der Waals surface area contributed by atoms with Crippen LogP contribution in [-0.4, -0.2) is 6.29 Å². The van der Waals surface area contributed by atoms with Crippen LogP contribution in [0.15, 0.2) is 66.7 Å². The van der Waals surface area contributed by atoms with Crippen LogP contribution >= 0.6 is 0 Å². The summed E-state index contributed by atoms with van der Waals surface area (Å²) in [6, 6.07) is 25.4. The SMILES string of the molecule is CCC[C@@]12c3ccccc3[C@@]3(CCC)c4ccc(C=O)cc4[C@@](CCC)(c4ccccc41)[C@@]23C. The molecule has 3 aliphatic rings. The van der Waals surface area contributed by atoms with Gasteiger partial charge in [0.25, 0.3) is 0 Å². The van der Waals surface area contributed by atoms with Gasteiger partial charge in [0.1, 0.15) is 6.29 Å². The summed E-state index contributed by atoms with van der Waals surface area (Å²) in [4.78, 5) is 12.0. The van der Waals surface area contributed by atoms with Crippen molar-refractivity contribution in [1.29, 1.82) is 0 Å². The summed E-state index contributed by atoms with van der Waals surface area (Å²) >= 11 is 0. The Balaban J connectivity index is 1.90. The van der Waals surface area contributed by atoms with Crippen molar-refractivity contribution < 1.29 is 4.79 Å². The Bertz CT molecular complexity index is 1300. The number of hydrogen-bond donors (Lipinski definition) is 0. The van der Waals surface area contributed by atoms with E-state index in [0.29, 0.717) is 0 Å². The lowest BCUT2D eigenvalue weighted by Gasteiger charge is -2.53. The molecule has 0 fully saturated rings. The minimum absolute atomic E-state index is 0.0216. The Labute approximate surface area is 204 Å². The van der Waals surface area contributed by atoms with E-state index in [1.54, 1.807) is 16.7 Å². The molecule has 0 amide bonds. The van der Waals surface area contributed by atoms with Crippen LogP contribution in [0.1, 0.15) is 110 Å². The third-order valence-corrected chi connectivity index (χ3v) is 10.2. The molecule has 0 spiro atoms. The Morgan fingerprint density at radius 2 is 0.971 bits per heavy atom. The number of rotatable bonds is 7. The minimum atomic E-state index is -0.101. The van der Waals surface area contributed by atoms with Crippen molar-refractivity contribution in [3.63, 3.8) is 0 Å². The first-order chi connectivity index (χ1) is 16.5. The van der Waals surface area contributed by atoms with E-state index in [-0.39, 0.29) is 21.7 Å². The predicted octanol–water partition coefficient (Wildman–Crippen LogP) is 8.10. The first-order valence-corrected chi connectivity index (χ1v) is 13.3. The van der Waals surface area contributed by atoms with Crippen molar-refractivity contribution in [2.45, 2.75) is 82.5 Å². The lowest BCUT2D eigenvalue weighted by Crippen LogP contribution is -2.54. The third kappa shape index (κ3) is 1.97. The zero-order chi connectivity index (χ0) is 23.8. The molecule has 0 N–H and O–H groups in total. The summed E-state index contributed by atoms with van der Waals surface area (Å²) < 4.78 is 0. The molecule has 0 bridgehead atoms. The van der Waals surface area contributed by atoms with E-state index in [4.69, 9.17) is 0 Å². The van der Waals surface area contributed by atoms with Crippen molar-refractivity contribution in [3.8, 4) is 0 Å². The number of aldehydes is 1. The molecule has 6 rings (SSSR count). The number of fused-ring (bicyclic) bond motifs is 9. The molecule has 174 valence electrons. The van der Waals surface area contributed by atoms with E-state index in [0.717, 1.165) is 50.4 Å². The lowest BCUT2D eigenvalue weighted by molar-refractivity contribution is 0.0540. The molecule has 34 heavy (non-hydrogen) atoms. The predicted molar refractivity (Wildman–Crippen MR) is 140 cm³/mol. The Hall–Kier alpha value is -2.67. The lowest BCUT2D eigenvalue weighted by atomic mass is 9.48. The third-order valence-electron chi connectivity index (χ3n) is 10.2. The molecule has 0 radical (unpaired) electrons. The Morgan fingerprint density at radius 3 is 1.35 bits per heavy atom. The molecule has 3 aliphatic carbocycles. The van der Waals surface area contributed by atoms with Crippen molar-refractivity contribution in [2.24, 2.45) is 5.41 Å². The maximum Gasteiger partial charge on any atom is 0.150 e. The number of hydrogen-bond acceptors (Lipinski definition) is 1. The number of carbonyl (C=O) groups is 1. The fraction of sp³-hybridized carbons (Fsp3) is 0.424. The van der Waals surface area contributed by atoms with Crippen LogP contribution in [0.5, 0.6) is 0 Å². The Kier molecular flexibility index (Phi) is 4.60. The maximum atomic E-state index is 12.0.